The molecule has 0 unspecified atom stereocenters. The first kappa shape index (κ1) is 14.4. The van der Waals surface area contributed by atoms with Crippen molar-refractivity contribution in [1.29, 1.82) is 0 Å². The number of anilines is 1. The summed E-state index contributed by atoms with van der Waals surface area (Å²) < 4.78 is 27.0. The largest absolute Gasteiger partial charge is 0.334 e. The van der Waals surface area contributed by atoms with Crippen molar-refractivity contribution in [2.45, 2.75) is 6.54 Å². The number of amides is 2. The summed E-state index contributed by atoms with van der Waals surface area (Å²) >= 11 is 1.19. The van der Waals surface area contributed by atoms with E-state index in [2.05, 4.69) is 15.6 Å². The fraction of sp³-hybridized carbons (Fsp3) is 0.0667. The van der Waals surface area contributed by atoms with Crippen LogP contribution in [-0.2, 0) is 6.54 Å². The van der Waals surface area contributed by atoms with Gasteiger partial charge in [-0.05, 0) is 29.8 Å². The standard InChI is InChI=1S/C15H11F2N3OS/c16-10-6-4-9(5-7-10)8-18-14(21)20-15-19-13-11(17)2-1-3-12(13)22-15/h1-7H,8H2,(H2,18,19,20,21). The highest BCUT2D eigenvalue weighted by Gasteiger charge is 2.10. The van der Waals surface area contributed by atoms with Crippen molar-refractivity contribution in [1.82, 2.24) is 10.3 Å². The predicted molar refractivity (Wildman–Crippen MR) is 81.8 cm³/mol. The molecule has 22 heavy (non-hydrogen) atoms. The fourth-order valence-corrected chi connectivity index (χ4v) is 2.77. The van der Waals surface area contributed by atoms with Crippen molar-refractivity contribution in [3.05, 3.63) is 59.7 Å². The smallest absolute Gasteiger partial charge is 0.321 e. The first-order valence-electron chi connectivity index (χ1n) is 6.46. The van der Waals surface area contributed by atoms with Gasteiger partial charge in [0.25, 0.3) is 0 Å². The van der Waals surface area contributed by atoms with E-state index in [0.717, 1.165) is 5.56 Å². The Hall–Kier alpha value is -2.54. The fourth-order valence-electron chi connectivity index (χ4n) is 1.89. The van der Waals surface area contributed by atoms with Crippen LogP contribution in [0.2, 0.25) is 0 Å². The van der Waals surface area contributed by atoms with Crippen LogP contribution in [0.15, 0.2) is 42.5 Å². The second kappa shape index (κ2) is 6.07. The van der Waals surface area contributed by atoms with Crippen LogP contribution in [0.25, 0.3) is 10.2 Å². The molecule has 0 radical (unpaired) electrons. The summed E-state index contributed by atoms with van der Waals surface area (Å²) in [6.07, 6.45) is 0. The van der Waals surface area contributed by atoms with Crippen molar-refractivity contribution in [2.24, 2.45) is 0 Å². The number of carbonyl (C=O) groups excluding carboxylic acids is 1. The summed E-state index contributed by atoms with van der Waals surface area (Å²) in [5.74, 6) is -0.752. The SMILES string of the molecule is O=C(NCc1ccc(F)cc1)Nc1nc2c(F)cccc2s1. The van der Waals surface area contributed by atoms with Crippen LogP contribution in [0.1, 0.15) is 5.56 Å². The first-order valence-corrected chi connectivity index (χ1v) is 7.28. The Morgan fingerprint density at radius 3 is 2.64 bits per heavy atom. The Labute approximate surface area is 128 Å². The highest BCUT2D eigenvalue weighted by Crippen LogP contribution is 2.27. The molecule has 0 atom stereocenters. The average molecular weight is 319 g/mol. The zero-order valence-corrected chi connectivity index (χ0v) is 12.1. The molecule has 0 saturated heterocycles. The molecule has 0 aliphatic heterocycles. The lowest BCUT2D eigenvalue weighted by Crippen LogP contribution is -2.28. The van der Waals surface area contributed by atoms with Crippen LogP contribution in [0, 0.1) is 11.6 Å². The lowest BCUT2D eigenvalue weighted by Gasteiger charge is -2.05. The zero-order chi connectivity index (χ0) is 15.5. The van der Waals surface area contributed by atoms with Gasteiger partial charge in [-0.1, -0.05) is 29.5 Å². The predicted octanol–water partition coefficient (Wildman–Crippen LogP) is 3.90. The zero-order valence-electron chi connectivity index (χ0n) is 11.3. The number of nitrogens with zero attached hydrogens (tertiary/aromatic N) is 1. The molecule has 2 N–H and O–H groups in total. The van der Waals surface area contributed by atoms with Crippen molar-refractivity contribution in [2.75, 3.05) is 5.32 Å². The maximum atomic E-state index is 13.5. The summed E-state index contributed by atoms with van der Waals surface area (Å²) in [5.41, 5.74) is 1.01. The van der Waals surface area contributed by atoms with Gasteiger partial charge in [-0.2, -0.15) is 0 Å². The monoisotopic (exact) mass is 319 g/mol. The summed E-state index contributed by atoms with van der Waals surface area (Å²) in [7, 11) is 0. The molecule has 1 heterocycles. The Balaban J connectivity index is 1.63. The summed E-state index contributed by atoms with van der Waals surface area (Å²) in [4.78, 5) is 15.8. The van der Waals surface area contributed by atoms with E-state index in [-0.39, 0.29) is 17.9 Å². The van der Waals surface area contributed by atoms with Crippen LogP contribution in [0.4, 0.5) is 18.7 Å². The summed E-state index contributed by atoms with van der Waals surface area (Å²) in [6, 6.07) is 10.0. The second-order valence-corrected chi connectivity index (χ2v) is 5.57. The van der Waals surface area contributed by atoms with E-state index in [0.29, 0.717) is 9.83 Å². The third-order valence-corrected chi connectivity index (χ3v) is 3.89. The second-order valence-electron chi connectivity index (χ2n) is 4.54. The van der Waals surface area contributed by atoms with Crippen LogP contribution in [0.3, 0.4) is 0 Å². The summed E-state index contributed by atoms with van der Waals surface area (Å²) in [5, 5.41) is 5.50. The van der Waals surface area contributed by atoms with Gasteiger partial charge in [0.1, 0.15) is 17.2 Å². The molecule has 0 saturated carbocycles. The maximum absolute atomic E-state index is 13.5. The molecule has 0 aliphatic carbocycles. The van der Waals surface area contributed by atoms with Gasteiger partial charge in [-0.15, -0.1) is 0 Å². The Bertz CT molecular complexity index is 817. The van der Waals surface area contributed by atoms with Gasteiger partial charge in [0.05, 0.1) is 4.70 Å². The van der Waals surface area contributed by atoms with Crippen LogP contribution in [-0.4, -0.2) is 11.0 Å². The van der Waals surface area contributed by atoms with Gasteiger partial charge in [0, 0.05) is 6.54 Å². The molecule has 7 heteroatoms. The quantitative estimate of drug-likeness (QED) is 0.769. The minimum Gasteiger partial charge on any atom is -0.334 e. The van der Waals surface area contributed by atoms with E-state index in [4.69, 9.17) is 0 Å². The van der Waals surface area contributed by atoms with Crippen LogP contribution in [0.5, 0.6) is 0 Å². The number of thiazole rings is 1. The number of hydrogen-bond donors (Lipinski definition) is 2. The van der Waals surface area contributed by atoms with Crippen LogP contribution < -0.4 is 10.6 Å². The van der Waals surface area contributed by atoms with E-state index in [1.807, 2.05) is 0 Å². The third kappa shape index (κ3) is 3.20. The number of para-hydroxylation sites is 1. The average Bonchev–Trinajstić information content (AvgIpc) is 2.90. The molecule has 4 nitrogen and oxygen atoms in total. The van der Waals surface area contributed by atoms with Crippen molar-refractivity contribution in [3.63, 3.8) is 0 Å². The lowest BCUT2D eigenvalue weighted by atomic mass is 10.2. The van der Waals surface area contributed by atoms with E-state index in [1.54, 1.807) is 24.3 Å². The number of nitrogens with one attached hydrogen (secondary N) is 2. The molecule has 0 aliphatic rings. The third-order valence-electron chi connectivity index (χ3n) is 2.96. The Kier molecular flexibility index (Phi) is 3.97. The van der Waals surface area contributed by atoms with E-state index < -0.39 is 11.8 Å². The molecular weight excluding hydrogens is 308 g/mol. The number of aromatic nitrogens is 1. The molecule has 3 aromatic rings. The number of urea groups is 1. The van der Waals surface area contributed by atoms with Crippen molar-refractivity contribution in [3.8, 4) is 0 Å². The highest BCUT2D eigenvalue weighted by atomic mass is 32.1. The molecule has 0 fully saturated rings. The molecule has 0 bridgehead atoms. The van der Waals surface area contributed by atoms with Gasteiger partial charge >= 0.3 is 6.03 Å². The highest BCUT2D eigenvalue weighted by molar-refractivity contribution is 7.22. The number of rotatable bonds is 3. The van der Waals surface area contributed by atoms with E-state index >= 15 is 0 Å². The number of hydrogen-bond acceptors (Lipinski definition) is 3. The van der Waals surface area contributed by atoms with E-state index in [1.165, 1.54) is 29.5 Å². The van der Waals surface area contributed by atoms with Gasteiger partial charge < -0.3 is 5.32 Å². The first-order chi connectivity index (χ1) is 10.6. The van der Waals surface area contributed by atoms with Gasteiger partial charge in [0.15, 0.2) is 5.13 Å². The number of halogens is 2. The number of benzene rings is 2. The van der Waals surface area contributed by atoms with Crippen LogP contribution >= 0.6 is 11.3 Å². The topological polar surface area (TPSA) is 54.0 Å². The Morgan fingerprint density at radius 1 is 1.14 bits per heavy atom. The minimum absolute atomic E-state index is 0.237. The summed E-state index contributed by atoms with van der Waals surface area (Å²) in [6.45, 7) is 0.255. The lowest BCUT2D eigenvalue weighted by molar-refractivity contribution is 0.251. The van der Waals surface area contributed by atoms with E-state index in [9.17, 15) is 13.6 Å². The van der Waals surface area contributed by atoms with Crippen molar-refractivity contribution >= 4 is 32.7 Å². The van der Waals surface area contributed by atoms with Gasteiger partial charge in [-0.3, -0.25) is 5.32 Å². The van der Waals surface area contributed by atoms with Gasteiger partial charge in [0.2, 0.25) is 0 Å². The molecule has 2 amide bonds. The maximum Gasteiger partial charge on any atom is 0.321 e. The number of carbonyl (C=O) groups is 1. The Morgan fingerprint density at radius 2 is 1.91 bits per heavy atom. The molecule has 1 aromatic heterocycles. The molecule has 0 spiro atoms. The van der Waals surface area contributed by atoms with Gasteiger partial charge in [-0.25, -0.2) is 18.6 Å². The number of fused-ring (bicyclic) bond motifs is 1. The molecule has 112 valence electrons. The molecule has 3 rings (SSSR count). The minimum atomic E-state index is -0.455. The normalized spacial score (nSPS) is 10.6. The molecular formula is C15H11F2N3OS. The molecule has 2 aromatic carbocycles. The van der Waals surface area contributed by atoms with Crippen molar-refractivity contribution < 1.29 is 13.6 Å².